The van der Waals surface area contributed by atoms with Crippen LogP contribution in [0.25, 0.3) is 0 Å². The van der Waals surface area contributed by atoms with Crippen molar-refractivity contribution in [2.75, 3.05) is 13.7 Å². The standard InChI is InChI=1S/C10H9BrFNO5/c1-17-9(14)2-3-18-10-7(12)4-6(11)5-8(10)13(15)16/h4-5H,2-3H2,1H3. The predicted molar refractivity (Wildman–Crippen MR) is 62.9 cm³/mol. The Labute approximate surface area is 110 Å². The SMILES string of the molecule is COC(=O)CCOc1c(F)cc(Br)cc1[N+](=O)[O-]. The van der Waals surface area contributed by atoms with Gasteiger partial charge in [-0.05, 0) is 6.07 Å². The number of benzene rings is 1. The Morgan fingerprint density at radius 3 is 2.78 bits per heavy atom. The first-order valence-corrected chi connectivity index (χ1v) is 5.58. The molecule has 8 heteroatoms. The van der Waals surface area contributed by atoms with Gasteiger partial charge in [-0.25, -0.2) is 4.39 Å². The molecule has 18 heavy (non-hydrogen) atoms. The van der Waals surface area contributed by atoms with E-state index in [1.165, 1.54) is 7.11 Å². The molecule has 0 aliphatic rings. The van der Waals surface area contributed by atoms with E-state index in [4.69, 9.17) is 4.74 Å². The molecule has 0 aromatic heterocycles. The molecule has 98 valence electrons. The van der Waals surface area contributed by atoms with Gasteiger partial charge in [-0.2, -0.15) is 0 Å². The number of halogens is 2. The molecule has 1 aromatic carbocycles. The van der Waals surface area contributed by atoms with Gasteiger partial charge in [0.1, 0.15) is 0 Å². The van der Waals surface area contributed by atoms with Crippen LogP contribution >= 0.6 is 15.9 Å². The smallest absolute Gasteiger partial charge is 0.315 e. The molecule has 1 rings (SSSR count). The van der Waals surface area contributed by atoms with Crippen LogP contribution < -0.4 is 4.74 Å². The number of rotatable bonds is 5. The van der Waals surface area contributed by atoms with E-state index < -0.39 is 28.1 Å². The fourth-order valence-electron chi connectivity index (χ4n) is 1.16. The number of carbonyl (C=O) groups is 1. The Kier molecular flexibility index (Phi) is 5.02. The van der Waals surface area contributed by atoms with Gasteiger partial charge in [-0.3, -0.25) is 14.9 Å². The number of nitro groups is 1. The van der Waals surface area contributed by atoms with Crippen molar-refractivity contribution < 1.29 is 23.6 Å². The molecule has 0 N–H and O–H groups in total. The fraction of sp³-hybridized carbons (Fsp3) is 0.300. The van der Waals surface area contributed by atoms with Gasteiger partial charge in [-0.1, -0.05) is 15.9 Å². The van der Waals surface area contributed by atoms with E-state index in [1.807, 2.05) is 0 Å². The Hall–Kier alpha value is -1.70. The van der Waals surface area contributed by atoms with Crippen LogP contribution in [0.4, 0.5) is 10.1 Å². The zero-order valence-electron chi connectivity index (χ0n) is 9.31. The summed E-state index contributed by atoms with van der Waals surface area (Å²) in [5, 5.41) is 10.7. The van der Waals surface area contributed by atoms with E-state index in [1.54, 1.807) is 0 Å². The van der Waals surface area contributed by atoms with Gasteiger partial charge in [0.05, 0.1) is 25.1 Å². The number of hydrogen-bond donors (Lipinski definition) is 0. The van der Waals surface area contributed by atoms with Crippen molar-refractivity contribution in [2.45, 2.75) is 6.42 Å². The Bertz CT molecular complexity index is 480. The number of esters is 1. The summed E-state index contributed by atoms with van der Waals surface area (Å²) in [6.07, 6.45) is -0.122. The highest BCUT2D eigenvalue weighted by molar-refractivity contribution is 9.10. The molecular formula is C10H9BrFNO5. The van der Waals surface area contributed by atoms with E-state index >= 15 is 0 Å². The summed E-state index contributed by atoms with van der Waals surface area (Å²) in [7, 11) is 1.20. The second kappa shape index (κ2) is 6.29. The molecule has 0 fully saturated rings. The lowest BCUT2D eigenvalue weighted by Gasteiger charge is -2.07. The van der Waals surface area contributed by atoms with E-state index in [9.17, 15) is 19.3 Å². The van der Waals surface area contributed by atoms with Crippen LogP contribution in [-0.2, 0) is 9.53 Å². The third kappa shape index (κ3) is 3.66. The summed E-state index contributed by atoms with van der Waals surface area (Å²) in [6.45, 7) is -0.202. The number of carbonyl (C=O) groups excluding carboxylic acids is 1. The van der Waals surface area contributed by atoms with Crippen LogP contribution in [0.5, 0.6) is 5.75 Å². The van der Waals surface area contributed by atoms with Crippen LogP contribution in [0.1, 0.15) is 6.42 Å². The summed E-state index contributed by atoms with van der Waals surface area (Å²) in [6, 6.07) is 2.16. The summed E-state index contributed by atoms with van der Waals surface area (Å²) < 4.78 is 23.0. The van der Waals surface area contributed by atoms with Crippen molar-refractivity contribution in [2.24, 2.45) is 0 Å². The molecule has 0 aliphatic heterocycles. The van der Waals surface area contributed by atoms with Crippen molar-refractivity contribution in [1.29, 1.82) is 0 Å². The van der Waals surface area contributed by atoms with Crippen molar-refractivity contribution >= 4 is 27.6 Å². The molecule has 6 nitrogen and oxygen atoms in total. The van der Waals surface area contributed by atoms with Gasteiger partial charge in [0.15, 0.2) is 5.82 Å². The van der Waals surface area contributed by atoms with Gasteiger partial charge in [0, 0.05) is 10.5 Å². The lowest BCUT2D eigenvalue weighted by molar-refractivity contribution is -0.386. The molecule has 0 radical (unpaired) electrons. The van der Waals surface area contributed by atoms with Crippen LogP contribution in [0.3, 0.4) is 0 Å². The van der Waals surface area contributed by atoms with Gasteiger partial charge >= 0.3 is 11.7 Å². The van der Waals surface area contributed by atoms with Crippen molar-refractivity contribution in [3.8, 4) is 5.75 Å². The molecule has 0 unspecified atom stereocenters. The normalized spacial score (nSPS) is 9.94. The van der Waals surface area contributed by atoms with Crippen LogP contribution in [0.2, 0.25) is 0 Å². The number of nitrogens with zero attached hydrogens (tertiary/aromatic N) is 1. The van der Waals surface area contributed by atoms with E-state index in [2.05, 4.69) is 20.7 Å². The average molecular weight is 322 g/mol. The quantitative estimate of drug-likeness (QED) is 0.473. The first-order chi connectivity index (χ1) is 8.45. The second-order valence-corrected chi connectivity index (χ2v) is 4.08. The van der Waals surface area contributed by atoms with Crippen LogP contribution in [0, 0.1) is 15.9 Å². The summed E-state index contributed by atoms with van der Waals surface area (Å²) >= 11 is 2.94. The van der Waals surface area contributed by atoms with Crippen molar-refractivity contribution in [3.05, 3.63) is 32.5 Å². The zero-order valence-corrected chi connectivity index (χ0v) is 10.9. The molecule has 0 saturated heterocycles. The Morgan fingerprint density at radius 1 is 1.56 bits per heavy atom. The van der Waals surface area contributed by atoms with Crippen LogP contribution in [0.15, 0.2) is 16.6 Å². The van der Waals surface area contributed by atoms with Gasteiger partial charge in [0.25, 0.3) is 0 Å². The number of methoxy groups -OCH3 is 1. The minimum atomic E-state index is -0.874. The number of ether oxygens (including phenoxy) is 2. The second-order valence-electron chi connectivity index (χ2n) is 3.17. The van der Waals surface area contributed by atoms with E-state index in [0.29, 0.717) is 0 Å². The molecule has 0 atom stereocenters. The Balaban J connectivity index is 2.87. The lowest BCUT2D eigenvalue weighted by Crippen LogP contribution is -2.09. The highest BCUT2D eigenvalue weighted by Gasteiger charge is 2.21. The molecule has 0 amide bonds. The van der Waals surface area contributed by atoms with Crippen molar-refractivity contribution in [1.82, 2.24) is 0 Å². The zero-order chi connectivity index (χ0) is 13.7. The third-order valence-corrected chi connectivity index (χ3v) is 2.42. The van der Waals surface area contributed by atoms with E-state index in [0.717, 1.165) is 12.1 Å². The maximum atomic E-state index is 13.5. The highest BCUT2D eigenvalue weighted by atomic mass is 79.9. The van der Waals surface area contributed by atoms with Crippen molar-refractivity contribution in [3.63, 3.8) is 0 Å². The molecule has 0 spiro atoms. The minimum absolute atomic E-state index is 0.122. The van der Waals surface area contributed by atoms with Gasteiger partial charge in [0.2, 0.25) is 5.75 Å². The van der Waals surface area contributed by atoms with Gasteiger partial charge in [-0.15, -0.1) is 0 Å². The maximum Gasteiger partial charge on any atom is 0.315 e. The first-order valence-electron chi connectivity index (χ1n) is 4.78. The summed E-state index contributed by atoms with van der Waals surface area (Å²) in [5.74, 6) is -1.91. The highest BCUT2D eigenvalue weighted by Crippen LogP contribution is 2.33. The first kappa shape index (κ1) is 14.4. The van der Waals surface area contributed by atoms with E-state index in [-0.39, 0.29) is 17.5 Å². The molecule has 0 saturated carbocycles. The summed E-state index contributed by atoms with van der Waals surface area (Å²) in [4.78, 5) is 20.8. The minimum Gasteiger partial charge on any atom is -0.484 e. The Morgan fingerprint density at radius 2 is 2.22 bits per heavy atom. The molecule has 0 heterocycles. The third-order valence-electron chi connectivity index (χ3n) is 1.97. The molecule has 0 aliphatic carbocycles. The maximum absolute atomic E-state index is 13.5. The molecule has 0 bridgehead atoms. The topological polar surface area (TPSA) is 78.7 Å². The average Bonchev–Trinajstić information content (AvgIpc) is 2.30. The van der Waals surface area contributed by atoms with Crippen LogP contribution in [-0.4, -0.2) is 24.6 Å². The predicted octanol–water partition coefficient (Wildman–Crippen LogP) is 2.44. The summed E-state index contributed by atoms with van der Waals surface area (Å²) in [5.41, 5.74) is -0.508. The molecular weight excluding hydrogens is 313 g/mol. The molecule has 1 aromatic rings. The van der Waals surface area contributed by atoms with Gasteiger partial charge < -0.3 is 9.47 Å². The fourth-order valence-corrected chi connectivity index (χ4v) is 1.58. The number of nitro benzene ring substituents is 1. The number of hydrogen-bond acceptors (Lipinski definition) is 5. The largest absolute Gasteiger partial charge is 0.484 e. The lowest BCUT2D eigenvalue weighted by atomic mass is 10.3. The monoisotopic (exact) mass is 321 g/mol.